The average Bonchev–Trinajstić information content (AvgIpc) is 2.25. The van der Waals surface area contributed by atoms with Crippen LogP contribution in [0.4, 0.5) is 5.69 Å². The Balaban J connectivity index is 2.74. The largest absolute Gasteiger partial charge is 0.480 e. The lowest BCUT2D eigenvalue weighted by atomic mass is 10.3. The van der Waals surface area contributed by atoms with Gasteiger partial charge in [0.05, 0.1) is 0 Å². The summed E-state index contributed by atoms with van der Waals surface area (Å²) in [7, 11) is 0. The molecule has 1 rings (SSSR count). The molecule has 0 saturated carbocycles. The van der Waals surface area contributed by atoms with Crippen LogP contribution in [0.15, 0.2) is 24.3 Å². The zero-order valence-electron chi connectivity index (χ0n) is 9.02. The van der Waals surface area contributed by atoms with Gasteiger partial charge in [-0.2, -0.15) is 11.8 Å². The van der Waals surface area contributed by atoms with Crippen molar-refractivity contribution in [3.05, 3.63) is 29.3 Å². The highest BCUT2D eigenvalue weighted by atomic mass is 35.5. The molecule has 0 radical (unpaired) electrons. The maximum atomic E-state index is 10.7. The molecule has 1 aromatic rings. The molecule has 0 aliphatic carbocycles. The summed E-state index contributed by atoms with van der Waals surface area (Å²) in [6.45, 7) is 0.733. The highest BCUT2D eigenvalue weighted by Crippen LogP contribution is 2.18. The normalized spacial score (nSPS) is 10.1. The van der Waals surface area contributed by atoms with Crippen molar-refractivity contribution in [1.29, 1.82) is 0 Å². The summed E-state index contributed by atoms with van der Waals surface area (Å²) in [6, 6.07) is 7.22. The molecule has 0 heterocycles. The molecule has 1 aromatic carbocycles. The first kappa shape index (κ1) is 13.2. The lowest BCUT2D eigenvalue weighted by Gasteiger charge is -2.22. The first-order valence-electron chi connectivity index (χ1n) is 4.84. The maximum Gasteiger partial charge on any atom is 0.323 e. The molecule has 0 fully saturated rings. The number of carbonyl (C=O) groups is 1. The molecule has 0 unspecified atom stereocenters. The van der Waals surface area contributed by atoms with Crippen molar-refractivity contribution in [2.24, 2.45) is 0 Å². The van der Waals surface area contributed by atoms with E-state index in [1.54, 1.807) is 23.9 Å². The lowest BCUT2D eigenvalue weighted by Crippen LogP contribution is -2.31. The third-order valence-corrected chi connectivity index (χ3v) is 2.93. The minimum absolute atomic E-state index is 0.0161. The van der Waals surface area contributed by atoms with Crippen LogP contribution in [0, 0.1) is 0 Å². The Hall–Kier alpha value is -0.870. The van der Waals surface area contributed by atoms with Gasteiger partial charge in [0.25, 0.3) is 0 Å². The fraction of sp³-hybridized carbons (Fsp3) is 0.364. The summed E-state index contributed by atoms with van der Waals surface area (Å²) in [5, 5.41) is 9.48. The summed E-state index contributed by atoms with van der Waals surface area (Å²) in [5.74, 6) is 0.0756. The minimum atomic E-state index is -0.823. The van der Waals surface area contributed by atoms with Crippen LogP contribution in [0.25, 0.3) is 0 Å². The van der Waals surface area contributed by atoms with Gasteiger partial charge in [0.1, 0.15) is 6.54 Å². The van der Waals surface area contributed by atoms with Crippen LogP contribution in [0.1, 0.15) is 0 Å². The van der Waals surface area contributed by atoms with Crippen molar-refractivity contribution < 1.29 is 9.90 Å². The number of aliphatic carboxylic acids is 1. The van der Waals surface area contributed by atoms with Gasteiger partial charge in [-0.05, 0) is 30.5 Å². The number of hydrogen-bond acceptors (Lipinski definition) is 3. The highest BCUT2D eigenvalue weighted by molar-refractivity contribution is 7.98. The van der Waals surface area contributed by atoms with Crippen LogP contribution in [0.3, 0.4) is 0 Å². The van der Waals surface area contributed by atoms with Gasteiger partial charge in [-0.25, -0.2) is 0 Å². The van der Waals surface area contributed by atoms with Crippen LogP contribution < -0.4 is 4.90 Å². The molecule has 0 amide bonds. The molecule has 0 saturated heterocycles. The van der Waals surface area contributed by atoms with Crippen molar-refractivity contribution in [3.8, 4) is 0 Å². The standard InChI is InChI=1S/C11H14ClNO2S/c1-16-7-6-13(8-11(14)15)10-4-2-9(12)3-5-10/h2-5H,6-8H2,1H3,(H,14,15). The first-order chi connectivity index (χ1) is 7.63. The van der Waals surface area contributed by atoms with E-state index in [1.165, 1.54) is 0 Å². The van der Waals surface area contributed by atoms with E-state index < -0.39 is 5.97 Å². The van der Waals surface area contributed by atoms with Gasteiger partial charge in [-0.3, -0.25) is 4.79 Å². The van der Waals surface area contributed by atoms with E-state index in [9.17, 15) is 4.79 Å². The Morgan fingerprint density at radius 3 is 2.56 bits per heavy atom. The SMILES string of the molecule is CSCCN(CC(=O)O)c1ccc(Cl)cc1. The fourth-order valence-electron chi connectivity index (χ4n) is 1.32. The molecule has 16 heavy (non-hydrogen) atoms. The number of hydrogen-bond donors (Lipinski definition) is 1. The van der Waals surface area contributed by atoms with Crippen molar-refractivity contribution in [2.45, 2.75) is 0 Å². The number of nitrogens with zero attached hydrogens (tertiary/aromatic N) is 1. The first-order valence-corrected chi connectivity index (χ1v) is 6.62. The van der Waals surface area contributed by atoms with Crippen LogP contribution in [0.2, 0.25) is 5.02 Å². The second-order valence-corrected chi connectivity index (χ2v) is 4.71. The third-order valence-electron chi connectivity index (χ3n) is 2.08. The van der Waals surface area contributed by atoms with Crippen molar-refractivity contribution in [1.82, 2.24) is 0 Å². The Morgan fingerprint density at radius 1 is 1.44 bits per heavy atom. The monoisotopic (exact) mass is 259 g/mol. The zero-order valence-corrected chi connectivity index (χ0v) is 10.6. The Bertz CT molecular complexity index is 342. The quantitative estimate of drug-likeness (QED) is 0.853. The molecule has 88 valence electrons. The molecular formula is C11H14ClNO2S. The van der Waals surface area contributed by atoms with E-state index in [0.717, 1.165) is 18.0 Å². The number of carboxylic acid groups (broad SMARTS) is 1. The highest BCUT2D eigenvalue weighted by Gasteiger charge is 2.09. The second-order valence-electron chi connectivity index (χ2n) is 3.28. The van der Waals surface area contributed by atoms with Gasteiger partial charge in [0.2, 0.25) is 0 Å². The van der Waals surface area contributed by atoms with Crippen LogP contribution >= 0.6 is 23.4 Å². The van der Waals surface area contributed by atoms with Crippen LogP contribution in [0.5, 0.6) is 0 Å². The molecule has 0 aliphatic rings. The van der Waals surface area contributed by atoms with E-state index in [4.69, 9.17) is 16.7 Å². The molecule has 0 aliphatic heterocycles. The topological polar surface area (TPSA) is 40.5 Å². The molecule has 5 heteroatoms. The van der Waals surface area contributed by atoms with E-state index in [-0.39, 0.29) is 6.54 Å². The second kappa shape index (κ2) is 6.66. The Kier molecular flexibility index (Phi) is 5.49. The maximum absolute atomic E-state index is 10.7. The number of rotatable bonds is 6. The van der Waals surface area contributed by atoms with Gasteiger partial charge in [0, 0.05) is 23.0 Å². The van der Waals surface area contributed by atoms with Gasteiger partial charge in [-0.1, -0.05) is 11.6 Å². The number of thioether (sulfide) groups is 1. The predicted molar refractivity (Wildman–Crippen MR) is 69.7 cm³/mol. The van der Waals surface area contributed by atoms with E-state index in [0.29, 0.717) is 5.02 Å². The molecule has 0 spiro atoms. The van der Waals surface area contributed by atoms with Gasteiger partial charge >= 0.3 is 5.97 Å². The molecule has 3 nitrogen and oxygen atoms in total. The number of benzene rings is 1. The lowest BCUT2D eigenvalue weighted by molar-refractivity contribution is -0.135. The third kappa shape index (κ3) is 4.33. The van der Waals surface area contributed by atoms with Crippen molar-refractivity contribution in [2.75, 3.05) is 30.0 Å². The van der Waals surface area contributed by atoms with E-state index in [2.05, 4.69) is 0 Å². The van der Waals surface area contributed by atoms with Crippen molar-refractivity contribution in [3.63, 3.8) is 0 Å². The van der Waals surface area contributed by atoms with Crippen LogP contribution in [-0.4, -0.2) is 36.2 Å². The average molecular weight is 260 g/mol. The molecule has 0 atom stereocenters. The van der Waals surface area contributed by atoms with Crippen LogP contribution in [-0.2, 0) is 4.79 Å². The van der Waals surface area contributed by atoms with E-state index in [1.807, 2.05) is 23.3 Å². The minimum Gasteiger partial charge on any atom is -0.480 e. The zero-order chi connectivity index (χ0) is 12.0. The molecule has 1 N–H and O–H groups in total. The summed E-state index contributed by atoms with van der Waals surface area (Å²) in [6.07, 6.45) is 2.00. The van der Waals surface area contributed by atoms with Gasteiger partial charge in [0.15, 0.2) is 0 Å². The summed E-state index contributed by atoms with van der Waals surface area (Å²) in [5.41, 5.74) is 0.890. The number of carboxylic acids is 1. The number of anilines is 1. The molecule has 0 aromatic heterocycles. The number of halogens is 1. The van der Waals surface area contributed by atoms with Gasteiger partial charge in [-0.15, -0.1) is 0 Å². The Morgan fingerprint density at radius 2 is 2.06 bits per heavy atom. The Labute approximate surface area is 104 Å². The smallest absolute Gasteiger partial charge is 0.323 e. The fourth-order valence-corrected chi connectivity index (χ4v) is 1.85. The summed E-state index contributed by atoms with van der Waals surface area (Å²) >= 11 is 7.48. The van der Waals surface area contributed by atoms with E-state index >= 15 is 0 Å². The van der Waals surface area contributed by atoms with Crippen molar-refractivity contribution >= 4 is 35.0 Å². The predicted octanol–water partition coefficient (Wildman–Crippen LogP) is 2.59. The molecule has 0 bridgehead atoms. The van der Waals surface area contributed by atoms with Gasteiger partial charge < -0.3 is 10.0 Å². The summed E-state index contributed by atoms with van der Waals surface area (Å²) < 4.78 is 0. The summed E-state index contributed by atoms with van der Waals surface area (Å²) in [4.78, 5) is 12.6. The molecular weight excluding hydrogens is 246 g/mol.